The van der Waals surface area contributed by atoms with Gasteiger partial charge in [0.05, 0.1) is 23.5 Å². The number of amides is 1. The summed E-state index contributed by atoms with van der Waals surface area (Å²) in [6.45, 7) is 1.71. The molecule has 2 aromatic heterocycles. The quantitative estimate of drug-likeness (QED) is 0.847. The van der Waals surface area contributed by atoms with E-state index in [1.807, 2.05) is 0 Å². The highest BCUT2D eigenvalue weighted by Crippen LogP contribution is 2.09. The van der Waals surface area contributed by atoms with Crippen LogP contribution in [0, 0.1) is 0 Å². The normalized spacial score (nSPS) is 19.5. The van der Waals surface area contributed by atoms with Crippen molar-refractivity contribution >= 4 is 11.4 Å². The zero-order valence-corrected chi connectivity index (χ0v) is 10.7. The molecule has 3 rings (SSSR count). The maximum absolute atomic E-state index is 12.1. The molecule has 19 heavy (non-hydrogen) atoms. The summed E-state index contributed by atoms with van der Waals surface area (Å²) in [5.74, 6) is -0.0876. The number of carbonyl (C=O) groups is 1. The van der Waals surface area contributed by atoms with Crippen molar-refractivity contribution < 1.29 is 4.79 Å². The van der Waals surface area contributed by atoms with Crippen molar-refractivity contribution in [2.45, 2.75) is 25.3 Å². The maximum Gasteiger partial charge on any atom is 0.255 e. The van der Waals surface area contributed by atoms with Crippen LogP contribution in [-0.2, 0) is 0 Å². The molecule has 2 N–H and O–H groups in total. The van der Waals surface area contributed by atoms with Gasteiger partial charge < -0.3 is 10.6 Å². The minimum Gasteiger partial charge on any atom is -0.350 e. The Bertz CT molecular complexity index is 573. The Morgan fingerprint density at radius 2 is 2.42 bits per heavy atom. The molecule has 0 bridgehead atoms. The Kier molecular flexibility index (Phi) is 3.41. The fourth-order valence-electron chi connectivity index (χ4n) is 2.42. The van der Waals surface area contributed by atoms with Gasteiger partial charge in [0.1, 0.15) is 0 Å². The van der Waals surface area contributed by atoms with Crippen LogP contribution in [0.5, 0.6) is 0 Å². The lowest BCUT2D eigenvalue weighted by Crippen LogP contribution is -2.43. The van der Waals surface area contributed by atoms with Gasteiger partial charge in [-0.05, 0) is 19.4 Å². The second-order valence-corrected chi connectivity index (χ2v) is 4.82. The van der Waals surface area contributed by atoms with E-state index in [1.165, 1.54) is 12.8 Å². The van der Waals surface area contributed by atoms with Gasteiger partial charge in [-0.25, -0.2) is 4.52 Å². The van der Waals surface area contributed by atoms with E-state index in [2.05, 4.69) is 20.7 Å². The standard InChI is InChI=1S/C13H17N5O/c19-13(16-7-10-3-1-2-4-15-10)11-8-17-18-6-5-14-9-12(11)18/h5-6,8-10,15H,1-4,7H2,(H,16,19). The Morgan fingerprint density at radius 3 is 3.26 bits per heavy atom. The lowest BCUT2D eigenvalue weighted by Gasteiger charge is -2.23. The molecule has 100 valence electrons. The van der Waals surface area contributed by atoms with E-state index < -0.39 is 0 Å². The van der Waals surface area contributed by atoms with Crippen LogP contribution in [0.2, 0.25) is 0 Å². The summed E-state index contributed by atoms with van der Waals surface area (Å²) >= 11 is 0. The first-order chi connectivity index (χ1) is 9.34. The van der Waals surface area contributed by atoms with E-state index in [0.717, 1.165) is 18.5 Å². The predicted molar refractivity (Wildman–Crippen MR) is 71.0 cm³/mol. The minimum atomic E-state index is -0.0876. The van der Waals surface area contributed by atoms with Crippen molar-refractivity contribution in [2.24, 2.45) is 0 Å². The first-order valence-corrected chi connectivity index (χ1v) is 6.63. The number of nitrogens with one attached hydrogen (secondary N) is 2. The molecular formula is C13H17N5O. The Labute approximate surface area is 111 Å². The highest BCUT2D eigenvalue weighted by molar-refractivity contribution is 6.00. The summed E-state index contributed by atoms with van der Waals surface area (Å²) in [7, 11) is 0. The molecule has 1 saturated heterocycles. The summed E-state index contributed by atoms with van der Waals surface area (Å²) in [4.78, 5) is 16.2. The molecule has 0 aromatic carbocycles. The van der Waals surface area contributed by atoms with Crippen LogP contribution in [0.4, 0.5) is 0 Å². The van der Waals surface area contributed by atoms with Crippen molar-refractivity contribution in [1.29, 1.82) is 0 Å². The average Bonchev–Trinajstić information content (AvgIpc) is 2.90. The molecule has 6 heteroatoms. The molecular weight excluding hydrogens is 242 g/mol. The first-order valence-electron chi connectivity index (χ1n) is 6.63. The van der Waals surface area contributed by atoms with Crippen molar-refractivity contribution in [2.75, 3.05) is 13.1 Å². The first kappa shape index (κ1) is 12.1. The Morgan fingerprint density at radius 1 is 1.47 bits per heavy atom. The third-order valence-corrected chi connectivity index (χ3v) is 3.49. The van der Waals surface area contributed by atoms with Gasteiger partial charge in [-0.2, -0.15) is 5.10 Å². The molecule has 6 nitrogen and oxygen atoms in total. The van der Waals surface area contributed by atoms with E-state index in [4.69, 9.17) is 0 Å². The van der Waals surface area contributed by atoms with E-state index >= 15 is 0 Å². The molecule has 1 atom stereocenters. The van der Waals surface area contributed by atoms with Gasteiger partial charge in [-0.3, -0.25) is 9.78 Å². The fourth-order valence-corrected chi connectivity index (χ4v) is 2.42. The fraction of sp³-hybridized carbons (Fsp3) is 0.462. The number of piperidine rings is 1. The molecule has 0 spiro atoms. The highest BCUT2D eigenvalue weighted by Gasteiger charge is 2.16. The molecule has 0 radical (unpaired) electrons. The van der Waals surface area contributed by atoms with Crippen LogP contribution in [0.15, 0.2) is 24.8 Å². The van der Waals surface area contributed by atoms with Gasteiger partial charge in [-0.15, -0.1) is 0 Å². The van der Waals surface area contributed by atoms with Gasteiger partial charge in [-0.1, -0.05) is 6.42 Å². The Hall–Kier alpha value is -1.95. The van der Waals surface area contributed by atoms with Gasteiger partial charge >= 0.3 is 0 Å². The van der Waals surface area contributed by atoms with E-state index in [9.17, 15) is 4.79 Å². The SMILES string of the molecule is O=C(NCC1CCCCN1)c1cnn2ccncc12. The number of nitrogens with zero attached hydrogens (tertiary/aromatic N) is 3. The molecule has 0 aliphatic carbocycles. The number of hydrogen-bond donors (Lipinski definition) is 2. The van der Waals surface area contributed by atoms with Crippen LogP contribution in [0.3, 0.4) is 0 Å². The third kappa shape index (κ3) is 2.58. The van der Waals surface area contributed by atoms with Crippen molar-refractivity contribution in [3.8, 4) is 0 Å². The molecule has 0 saturated carbocycles. The van der Waals surface area contributed by atoms with Crippen LogP contribution in [-0.4, -0.2) is 39.6 Å². The van der Waals surface area contributed by atoms with E-state index in [1.54, 1.807) is 29.3 Å². The monoisotopic (exact) mass is 259 g/mol. The van der Waals surface area contributed by atoms with Gasteiger partial charge in [0.2, 0.25) is 0 Å². The van der Waals surface area contributed by atoms with Crippen molar-refractivity contribution in [1.82, 2.24) is 25.2 Å². The largest absolute Gasteiger partial charge is 0.350 e. The van der Waals surface area contributed by atoms with Gasteiger partial charge in [0.25, 0.3) is 5.91 Å². The topological polar surface area (TPSA) is 71.3 Å². The maximum atomic E-state index is 12.1. The molecule has 1 aliphatic rings. The molecule has 1 fully saturated rings. The van der Waals surface area contributed by atoms with Gasteiger partial charge in [0.15, 0.2) is 0 Å². The van der Waals surface area contributed by atoms with Crippen LogP contribution in [0.25, 0.3) is 5.52 Å². The van der Waals surface area contributed by atoms with Crippen LogP contribution >= 0.6 is 0 Å². The van der Waals surface area contributed by atoms with Crippen LogP contribution < -0.4 is 10.6 Å². The van der Waals surface area contributed by atoms with Crippen molar-refractivity contribution in [3.63, 3.8) is 0 Å². The Balaban J connectivity index is 1.66. The predicted octanol–water partition coefficient (Wildman–Crippen LogP) is 0.601. The highest BCUT2D eigenvalue weighted by atomic mass is 16.1. The number of hydrogen-bond acceptors (Lipinski definition) is 4. The number of carbonyl (C=O) groups excluding carboxylic acids is 1. The summed E-state index contributed by atoms with van der Waals surface area (Å²) in [6.07, 6.45) is 10.2. The smallest absolute Gasteiger partial charge is 0.255 e. The lowest BCUT2D eigenvalue weighted by molar-refractivity contribution is 0.0949. The molecule has 1 unspecified atom stereocenters. The molecule has 1 amide bonds. The van der Waals surface area contributed by atoms with E-state index in [-0.39, 0.29) is 5.91 Å². The van der Waals surface area contributed by atoms with Crippen LogP contribution in [0.1, 0.15) is 29.6 Å². The second-order valence-electron chi connectivity index (χ2n) is 4.82. The lowest BCUT2D eigenvalue weighted by atomic mass is 10.1. The molecule has 2 aromatic rings. The average molecular weight is 259 g/mol. The zero-order valence-electron chi connectivity index (χ0n) is 10.7. The van der Waals surface area contributed by atoms with E-state index in [0.29, 0.717) is 18.2 Å². The van der Waals surface area contributed by atoms with Gasteiger partial charge in [0, 0.05) is 25.0 Å². The molecule has 1 aliphatic heterocycles. The molecule has 3 heterocycles. The summed E-state index contributed by atoms with van der Waals surface area (Å²) in [5, 5.41) is 10.5. The minimum absolute atomic E-state index is 0.0876. The zero-order chi connectivity index (χ0) is 13.1. The summed E-state index contributed by atoms with van der Waals surface area (Å²) in [6, 6.07) is 0.387. The summed E-state index contributed by atoms with van der Waals surface area (Å²) in [5.41, 5.74) is 1.31. The van der Waals surface area contributed by atoms with Crippen molar-refractivity contribution in [3.05, 3.63) is 30.4 Å². The summed E-state index contributed by atoms with van der Waals surface area (Å²) < 4.78 is 1.65. The third-order valence-electron chi connectivity index (χ3n) is 3.49. The second kappa shape index (κ2) is 5.36. The number of aromatic nitrogens is 3. The number of rotatable bonds is 3. The number of fused-ring (bicyclic) bond motifs is 1.